The van der Waals surface area contributed by atoms with E-state index >= 15 is 0 Å². The summed E-state index contributed by atoms with van der Waals surface area (Å²) in [6.07, 6.45) is 4.17. The molecule has 0 radical (unpaired) electrons. The van der Waals surface area contributed by atoms with Crippen molar-refractivity contribution < 1.29 is 0 Å². The summed E-state index contributed by atoms with van der Waals surface area (Å²) in [4.78, 5) is 6.82. The van der Waals surface area contributed by atoms with Gasteiger partial charge in [-0.3, -0.25) is 9.89 Å². The predicted octanol–water partition coefficient (Wildman–Crippen LogP) is 3.39. The largest absolute Gasteiger partial charge is 0.357 e. The molecule has 0 amide bonds. The molecular formula is C20H32IN5. The van der Waals surface area contributed by atoms with Crippen molar-refractivity contribution in [2.45, 2.75) is 26.4 Å². The number of nitrogens with one attached hydrogen (secondary N) is 2. The van der Waals surface area contributed by atoms with Crippen molar-refractivity contribution >= 4 is 29.9 Å². The van der Waals surface area contributed by atoms with E-state index in [0.717, 1.165) is 32.1 Å². The van der Waals surface area contributed by atoms with Crippen LogP contribution in [0.4, 0.5) is 0 Å². The number of nitrogens with zero attached hydrogens (tertiary/aromatic N) is 3. The molecule has 0 spiro atoms. The van der Waals surface area contributed by atoms with Crippen molar-refractivity contribution in [2.24, 2.45) is 12.0 Å². The predicted molar refractivity (Wildman–Crippen MR) is 121 cm³/mol. The molecule has 0 bridgehead atoms. The molecule has 0 saturated heterocycles. The SMILES string of the molecule is CCN(CC)C(CNC(=NC)NCc1ccn(C)c1)c1ccccc1.I. The quantitative estimate of drug-likeness (QED) is 0.354. The van der Waals surface area contributed by atoms with Gasteiger partial charge in [-0.1, -0.05) is 44.2 Å². The number of rotatable bonds is 8. The van der Waals surface area contributed by atoms with Crippen molar-refractivity contribution in [3.63, 3.8) is 0 Å². The van der Waals surface area contributed by atoms with Gasteiger partial charge in [0, 0.05) is 39.6 Å². The third kappa shape index (κ3) is 6.64. The fourth-order valence-electron chi connectivity index (χ4n) is 3.06. The lowest BCUT2D eigenvalue weighted by atomic mass is 10.1. The van der Waals surface area contributed by atoms with E-state index in [4.69, 9.17) is 0 Å². The minimum atomic E-state index is 0. The molecule has 0 aliphatic rings. The van der Waals surface area contributed by atoms with Crippen LogP contribution in [0.25, 0.3) is 0 Å². The Kier molecular flexibility index (Phi) is 10.3. The molecule has 0 aliphatic carbocycles. The Labute approximate surface area is 174 Å². The maximum absolute atomic E-state index is 4.36. The van der Waals surface area contributed by atoms with Crippen molar-refractivity contribution in [2.75, 3.05) is 26.7 Å². The fraction of sp³-hybridized carbons (Fsp3) is 0.450. The van der Waals surface area contributed by atoms with Gasteiger partial charge in [0.05, 0.1) is 6.04 Å². The third-order valence-corrected chi connectivity index (χ3v) is 4.48. The van der Waals surface area contributed by atoms with Gasteiger partial charge >= 0.3 is 0 Å². The van der Waals surface area contributed by atoms with Crippen LogP contribution in [0.15, 0.2) is 53.8 Å². The van der Waals surface area contributed by atoms with Crippen LogP contribution in [-0.2, 0) is 13.6 Å². The normalized spacial score (nSPS) is 12.6. The number of benzene rings is 1. The van der Waals surface area contributed by atoms with Crippen molar-refractivity contribution in [3.05, 3.63) is 59.9 Å². The highest BCUT2D eigenvalue weighted by Gasteiger charge is 2.18. The average molecular weight is 469 g/mol. The van der Waals surface area contributed by atoms with Crippen LogP contribution in [0.5, 0.6) is 0 Å². The summed E-state index contributed by atoms with van der Waals surface area (Å²) in [7, 11) is 3.85. The lowest BCUT2D eigenvalue weighted by molar-refractivity contribution is 0.219. The van der Waals surface area contributed by atoms with E-state index in [9.17, 15) is 0 Å². The van der Waals surface area contributed by atoms with Gasteiger partial charge in [-0.15, -0.1) is 24.0 Å². The van der Waals surface area contributed by atoms with Gasteiger partial charge < -0.3 is 15.2 Å². The molecular weight excluding hydrogens is 437 g/mol. The first kappa shape index (κ1) is 22.5. The monoisotopic (exact) mass is 469 g/mol. The third-order valence-electron chi connectivity index (χ3n) is 4.48. The molecule has 2 N–H and O–H groups in total. The lowest BCUT2D eigenvalue weighted by Gasteiger charge is -2.30. The van der Waals surface area contributed by atoms with Gasteiger partial charge in [-0.25, -0.2) is 0 Å². The molecule has 0 aliphatic heterocycles. The Morgan fingerprint density at radius 1 is 1.12 bits per heavy atom. The minimum Gasteiger partial charge on any atom is -0.357 e. The van der Waals surface area contributed by atoms with Crippen LogP contribution in [-0.4, -0.2) is 42.1 Å². The number of guanidine groups is 1. The summed E-state index contributed by atoms with van der Waals surface area (Å²) in [5, 5.41) is 6.87. The maximum atomic E-state index is 4.36. The van der Waals surface area contributed by atoms with E-state index in [1.807, 2.05) is 14.1 Å². The number of halogens is 1. The second-order valence-electron chi connectivity index (χ2n) is 6.14. The van der Waals surface area contributed by atoms with Crippen molar-refractivity contribution in [1.29, 1.82) is 0 Å². The first-order valence-electron chi connectivity index (χ1n) is 9.02. The first-order chi connectivity index (χ1) is 12.2. The highest BCUT2D eigenvalue weighted by molar-refractivity contribution is 14.0. The second-order valence-corrected chi connectivity index (χ2v) is 6.14. The van der Waals surface area contributed by atoms with E-state index in [-0.39, 0.29) is 24.0 Å². The average Bonchev–Trinajstić information content (AvgIpc) is 3.07. The number of hydrogen-bond donors (Lipinski definition) is 2. The molecule has 26 heavy (non-hydrogen) atoms. The molecule has 1 atom stereocenters. The van der Waals surface area contributed by atoms with E-state index in [1.165, 1.54) is 11.1 Å². The van der Waals surface area contributed by atoms with Gasteiger partial charge in [0.2, 0.25) is 0 Å². The van der Waals surface area contributed by atoms with Crippen molar-refractivity contribution in [3.8, 4) is 0 Å². The molecule has 2 aromatic rings. The number of aliphatic imine (C=N–C) groups is 1. The number of aryl methyl sites for hydroxylation is 1. The Balaban J connectivity index is 0.00000338. The summed E-state index contributed by atoms with van der Waals surface area (Å²) in [5.74, 6) is 0.831. The van der Waals surface area contributed by atoms with Gasteiger partial charge in [-0.2, -0.15) is 0 Å². The van der Waals surface area contributed by atoms with Gasteiger partial charge in [0.25, 0.3) is 0 Å². The zero-order valence-electron chi connectivity index (χ0n) is 16.3. The number of likely N-dealkylation sites (N-methyl/N-ethyl adjacent to an activating group) is 1. The summed E-state index contributed by atoms with van der Waals surface area (Å²) >= 11 is 0. The van der Waals surface area contributed by atoms with Crippen LogP contribution in [0.1, 0.15) is 31.0 Å². The van der Waals surface area contributed by atoms with Gasteiger partial charge in [0.1, 0.15) is 0 Å². The molecule has 2 rings (SSSR count). The molecule has 6 heteroatoms. The standard InChI is InChI=1S/C20H31N5.HI/c1-5-25(6-2)19(18-10-8-7-9-11-18)15-23-20(21-3)22-14-17-12-13-24(4)16-17;/h7-13,16,19H,5-6,14-15H2,1-4H3,(H2,21,22,23);1H. The summed E-state index contributed by atoms with van der Waals surface area (Å²) in [6.45, 7) is 8.05. The van der Waals surface area contributed by atoms with E-state index in [2.05, 4.69) is 87.7 Å². The molecule has 5 nitrogen and oxygen atoms in total. The van der Waals surface area contributed by atoms with Crippen LogP contribution in [0.3, 0.4) is 0 Å². The van der Waals surface area contributed by atoms with Gasteiger partial charge in [0.15, 0.2) is 5.96 Å². The Hall–Kier alpha value is -1.54. The first-order valence-corrected chi connectivity index (χ1v) is 9.02. The highest BCUT2D eigenvalue weighted by Crippen LogP contribution is 2.19. The van der Waals surface area contributed by atoms with Crippen LogP contribution in [0.2, 0.25) is 0 Å². The van der Waals surface area contributed by atoms with Crippen molar-refractivity contribution in [1.82, 2.24) is 20.1 Å². The van der Waals surface area contributed by atoms with Crippen LogP contribution in [0, 0.1) is 0 Å². The minimum absolute atomic E-state index is 0. The summed E-state index contributed by atoms with van der Waals surface area (Å²) in [5.41, 5.74) is 2.58. The molecule has 0 saturated carbocycles. The van der Waals surface area contributed by atoms with Crippen LogP contribution < -0.4 is 10.6 Å². The molecule has 1 unspecified atom stereocenters. The molecule has 144 valence electrons. The summed E-state index contributed by atoms with van der Waals surface area (Å²) in [6, 6.07) is 13.1. The molecule has 0 fully saturated rings. The second kappa shape index (κ2) is 12.0. The van der Waals surface area contributed by atoms with Gasteiger partial charge in [-0.05, 0) is 30.3 Å². The van der Waals surface area contributed by atoms with E-state index in [1.54, 1.807) is 0 Å². The Morgan fingerprint density at radius 2 is 1.81 bits per heavy atom. The summed E-state index contributed by atoms with van der Waals surface area (Å²) < 4.78 is 2.05. The molecule has 1 aromatic heterocycles. The maximum Gasteiger partial charge on any atom is 0.191 e. The lowest BCUT2D eigenvalue weighted by Crippen LogP contribution is -2.43. The van der Waals surface area contributed by atoms with E-state index < -0.39 is 0 Å². The fourth-order valence-corrected chi connectivity index (χ4v) is 3.06. The zero-order valence-corrected chi connectivity index (χ0v) is 18.6. The number of aromatic nitrogens is 1. The topological polar surface area (TPSA) is 44.6 Å². The van der Waals surface area contributed by atoms with E-state index in [0.29, 0.717) is 6.04 Å². The Bertz CT molecular complexity index is 649. The highest BCUT2D eigenvalue weighted by atomic mass is 127. The zero-order chi connectivity index (χ0) is 18.1. The molecule has 1 heterocycles. The molecule has 1 aromatic carbocycles. The number of hydrogen-bond acceptors (Lipinski definition) is 2. The smallest absolute Gasteiger partial charge is 0.191 e. The van der Waals surface area contributed by atoms with Crippen LogP contribution >= 0.6 is 24.0 Å². The Morgan fingerprint density at radius 3 is 2.35 bits per heavy atom.